The van der Waals surface area contributed by atoms with Crippen molar-refractivity contribution in [1.29, 1.82) is 0 Å². The Morgan fingerprint density at radius 1 is 1.30 bits per heavy atom. The van der Waals surface area contributed by atoms with Gasteiger partial charge in [0.1, 0.15) is 17.2 Å². The van der Waals surface area contributed by atoms with E-state index in [9.17, 15) is 4.39 Å². The summed E-state index contributed by atoms with van der Waals surface area (Å²) >= 11 is 13.3. The van der Waals surface area contributed by atoms with Crippen molar-refractivity contribution < 1.29 is 8.81 Å². The minimum absolute atomic E-state index is 0.307. The van der Waals surface area contributed by atoms with E-state index in [2.05, 4.69) is 0 Å². The lowest BCUT2D eigenvalue weighted by Gasteiger charge is -2.08. The van der Waals surface area contributed by atoms with Crippen molar-refractivity contribution in [3.05, 3.63) is 55.6 Å². The highest BCUT2D eigenvalue weighted by molar-refractivity contribution is 7.20. The van der Waals surface area contributed by atoms with Crippen molar-refractivity contribution in [2.45, 2.75) is 13.0 Å². The standard InChI is InChI=1S/C14H10Cl2FNOS/c1-6-8-4-7(17)2-3-10(8)19-13(6)12(18)9-5-11(15)20-14(9)16/h2-5,12H,18H2,1H3. The van der Waals surface area contributed by atoms with Crippen molar-refractivity contribution in [2.24, 2.45) is 5.73 Å². The molecule has 0 aliphatic carbocycles. The van der Waals surface area contributed by atoms with Crippen molar-refractivity contribution in [2.75, 3.05) is 0 Å². The fourth-order valence-corrected chi connectivity index (χ4v) is 3.76. The highest BCUT2D eigenvalue weighted by Gasteiger charge is 2.22. The first kappa shape index (κ1) is 13.9. The van der Waals surface area contributed by atoms with Crippen LogP contribution in [0.3, 0.4) is 0 Å². The van der Waals surface area contributed by atoms with Crippen LogP contribution in [0.1, 0.15) is 22.9 Å². The molecular weight excluding hydrogens is 320 g/mol. The number of fused-ring (bicyclic) bond motifs is 1. The van der Waals surface area contributed by atoms with Gasteiger partial charge in [0.25, 0.3) is 0 Å². The number of furan rings is 1. The van der Waals surface area contributed by atoms with E-state index in [0.717, 1.165) is 5.56 Å². The molecule has 0 bridgehead atoms. The van der Waals surface area contributed by atoms with Crippen LogP contribution in [0.25, 0.3) is 11.0 Å². The molecule has 1 aromatic carbocycles. The molecule has 3 aromatic rings. The Bertz CT molecular complexity index is 796. The number of hydrogen-bond acceptors (Lipinski definition) is 3. The predicted molar refractivity (Wildman–Crippen MR) is 81.3 cm³/mol. The van der Waals surface area contributed by atoms with Crippen LogP contribution in [0.15, 0.2) is 28.7 Å². The molecule has 0 aliphatic heterocycles. The van der Waals surface area contributed by atoms with Crippen molar-refractivity contribution >= 4 is 45.5 Å². The number of nitrogens with two attached hydrogens (primary N) is 1. The third-order valence-electron chi connectivity index (χ3n) is 3.24. The van der Waals surface area contributed by atoms with E-state index in [0.29, 0.717) is 31.0 Å². The lowest BCUT2D eigenvalue weighted by Crippen LogP contribution is -2.11. The lowest BCUT2D eigenvalue weighted by atomic mass is 10.0. The number of halogens is 3. The Balaban J connectivity index is 2.14. The van der Waals surface area contributed by atoms with Gasteiger partial charge in [-0.25, -0.2) is 4.39 Å². The third-order valence-corrected chi connectivity index (χ3v) is 4.75. The van der Waals surface area contributed by atoms with Gasteiger partial charge in [0.05, 0.1) is 14.7 Å². The van der Waals surface area contributed by atoms with Crippen LogP contribution >= 0.6 is 34.5 Å². The second kappa shape index (κ2) is 5.04. The zero-order valence-electron chi connectivity index (χ0n) is 10.4. The second-order valence-corrected chi connectivity index (χ2v) is 6.77. The summed E-state index contributed by atoms with van der Waals surface area (Å²) in [4.78, 5) is 0. The van der Waals surface area contributed by atoms with Gasteiger partial charge in [0, 0.05) is 16.5 Å². The third kappa shape index (κ3) is 2.23. The summed E-state index contributed by atoms with van der Waals surface area (Å²) in [6.07, 6.45) is 0. The number of hydrogen-bond donors (Lipinski definition) is 1. The maximum Gasteiger partial charge on any atom is 0.134 e. The first-order valence-corrected chi connectivity index (χ1v) is 7.43. The van der Waals surface area contributed by atoms with Crippen LogP contribution in [0.4, 0.5) is 4.39 Å². The number of aryl methyl sites for hydroxylation is 1. The average molecular weight is 330 g/mol. The first-order chi connectivity index (χ1) is 9.47. The van der Waals surface area contributed by atoms with Crippen molar-refractivity contribution in [3.63, 3.8) is 0 Å². The van der Waals surface area contributed by atoms with Gasteiger partial charge in [0.2, 0.25) is 0 Å². The molecule has 1 atom stereocenters. The molecule has 2 heterocycles. The van der Waals surface area contributed by atoms with Gasteiger partial charge in [-0.15, -0.1) is 11.3 Å². The molecule has 6 heteroatoms. The number of benzene rings is 1. The molecule has 0 radical (unpaired) electrons. The summed E-state index contributed by atoms with van der Waals surface area (Å²) in [5, 5.41) is 0.716. The summed E-state index contributed by atoms with van der Waals surface area (Å²) in [5.74, 6) is 0.264. The predicted octanol–water partition coefficient (Wildman–Crippen LogP) is 5.30. The van der Waals surface area contributed by atoms with E-state index in [1.165, 1.54) is 23.5 Å². The maximum atomic E-state index is 13.3. The summed E-state index contributed by atoms with van der Waals surface area (Å²) in [7, 11) is 0. The van der Waals surface area contributed by atoms with Gasteiger partial charge >= 0.3 is 0 Å². The van der Waals surface area contributed by atoms with Gasteiger partial charge in [-0.2, -0.15) is 0 Å². The van der Waals surface area contributed by atoms with E-state index in [4.69, 9.17) is 33.4 Å². The monoisotopic (exact) mass is 329 g/mol. The average Bonchev–Trinajstić information content (AvgIpc) is 2.90. The quantitative estimate of drug-likeness (QED) is 0.693. The number of thiophene rings is 1. The van der Waals surface area contributed by atoms with Crippen LogP contribution in [0.5, 0.6) is 0 Å². The van der Waals surface area contributed by atoms with Crippen LogP contribution < -0.4 is 5.73 Å². The molecule has 2 aromatic heterocycles. The zero-order chi connectivity index (χ0) is 14.4. The maximum absolute atomic E-state index is 13.3. The molecular formula is C14H10Cl2FNOS. The molecule has 0 saturated heterocycles. The lowest BCUT2D eigenvalue weighted by molar-refractivity contribution is 0.521. The summed E-state index contributed by atoms with van der Waals surface area (Å²) < 4.78 is 20.2. The van der Waals surface area contributed by atoms with Crippen LogP contribution in [-0.2, 0) is 0 Å². The molecule has 3 rings (SSSR count). The Morgan fingerprint density at radius 2 is 2.05 bits per heavy atom. The Hall–Kier alpha value is -1.07. The number of rotatable bonds is 2. The zero-order valence-corrected chi connectivity index (χ0v) is 12.7. The molecule has 0 amide bonds. The molecule has 20 heavy (non-hydrogen) atoms. The Morgan fingerprint density at radius 3 is 2.70 bits per heavy atom. The minimum atomic E-state index is -0.526. The first-order valence-electron chi connectivity index (χ1n) is 5.86. The molecule has 1 unspecified atom stereocenters. The van der Waals surface area contributed by atoms with E-state index < -0.39 is 6.04 Å². The van der Waals surface area contributed by atoms with Crippen LogP contribution in [-0.4, -0.2) is 0 Å². The van der Waals surface area contributed by atoms with Gasteiger partial charge in [0.15, 0.2) is 0 Å². The molecule has 0 saturated carbocycles. The van der Waals surface area contributed by atoms with Gasteiger partial charge in [-0.3, -0.25) is 0 Å². The minimum Gasteiger partial charge on any atom is -0.459 e. The van der Waals surface area contributed by atoms with Crippen molar-refractivity contribution in [3.8, 4) is 0 Å². The Kier molecular flexibility index (Phi) is 3.50. The van der Waals surface area contributed by atoms with E-state index in [-0.39, 0.29) is 5.82 Å². The highest BCUT2D eigenvalue weighted by atomic mass is 35.5. The normalized spacial score (nSPS) is 13.1. The van der Waals surface area contributed by atoms with Crippen LogP contribution in [0.2, 0.25) is 8.67 Å². The topological polar surface area (TPSA) is 39.2 Å². The molecule has 0 fully saturated rings. The Labute approximate surface area is 128 Å². The van der Waals surface area contributed by atoms with E-state index in [1.807, 2.05) is 6.92 Å². The molecule has 2 nitrogen and oxygen atoms in total. The molecule has 2 N–H and O–H groups in total. The van der Waals surface area contributed by atoms with Gasteiger partial charge in [-0.05, 0) is 31.2 Å². The second-order valence-electron chi connectivity index (χ2n) is 4.49. The summed E-state index contributed by atoms with van der Waals surface area (Å²) in [5.41, 5.74) is 8.34. The summed E-state index contributed by atoms with van der Waals surface area (Å²) in [6.45, 7) is 1.85. The van der Waals surface area contributed by atoms with E-state index in [1.54, 1.807) is 12.1 Å². The van der Waals surface area contributed by atoms with Crippen LogP contribution in [0, 0.1) is 12.7 Å². The smallest absolute Gasteiger partial charge is 0.134 e. The largest absolute Gasteiger partial charge is 0.459 e. The molecule has 0 spiro atoms. The highest BCUT2D eigenvalue weighted by Crippen LogP contribution is 2.39. The summed E-state index contributed by atoms with van der Waals surface area (Å²) in [6, 6.07) is 5.59. The fourth-order valence-electron chi connectivity index (χ4n) is 2.21. The SMILES string of the molecule is Cc1c(C(N)c2cc(Cl)sc2Cl)oc2ccc(F)cc12. The molecule has 0 aliphatic rings. The van der Waals surface area contributed by atoms with E-state index >= 15 is 0 Å². The van der Waals surface area contributed by atoms with Crippen molar-refractivity contribution in [1.82, 2.24) is 0 Å². The van der Waals surface area contributed by atoms with Gasteiger partial charge in [-0.1, -0.05) is 23.2 Å². The van der Waals surface area contributed by atoms with Gasteiger partial charge < -0.3 is 10.2 Å². The molecule has 104 valence electrons. The fraction of sp³-hybridized carbons (Fsp3) is 0.143.